The maximum absolute atomic E-state index is 13.8. The average molecular weight is 468 g/mol. The zero-order valence-electron chi connectivity index (χ0n) is 16.8. The second-order valence-corrected chi connectivity index (χ2v) is 10.0. The fourth-order valence-electron chi connectivity index (χ4n) is 4.45. The molecule has 0 aromatic heterocycles. The van der Waals surface area contributed by atoms with Crippen LogP contribution in [-0.4, -0.2) is 55.5 Å². The first-order chi connectivity index (χ1) is 14.7. The number of hydrogen-bond acceptors (Lipinski definition) is 4. The summed E-state index contributed by atoms with van der Waals surface area (Å²) in [6.07, 6.45) is 0. The van der Waals surface area contributed by atoms with E-state index in [2.05, 4.69) is 4.72 Å². The number of benzene rings is 2. The maximum Gasteiger partial charge on any atom is 0.325 e. The van der Waals surface area contributed by atoms with Crippen LogP contribution in [-0.2, 0) is 15.0 Å². The van der Waals surface area contributed by atoms with Gasteiger partial charge in [-0.25, -0.2) is 4.39 Å². The maximum atomic E-state index is 13.8. The lowest BCUT2D eigenvalue weighted by molar-refractivity contribution is -0.140. The number of nitrogens with one attached hydrogen (secondary N) is 1. The zero-order valence-corrected chi connectivity index (χ0v) is 18.4. The number of carbonyl (C=O) groups is 1. The summed E-state index contributed by atoms with van der Waals surface area (Å²) in [4.78, 5) is 14.0. The van der Waals surface area contributed by atoms with Crippen molar-refractivity contribution < 1.29 is 22.7 Å². The molecule has 0 bridgehead atoms. The molecule has 0 radical (unpaired) electrons. The van der Waals surface area contributed by atoms with Gasteiger partial charge in [-0.15, -0.1) is 0 Å². The molecule has 4 rings (SSSR count). The third-order valence-electron chi connectivity index (χ3n) is 6.26. The largest absolute Gasteiger partial charge is 0.480 e. The Labute approximate surface area is 185 Å². The molecule has 2 aliphatic rings. The normalized spacial score (nSPS) is 26.6. The summed E-state index contributed by atoms with van der Waals surface area (Å²) in [5, 5.41) is 9.93. The molecule has 3 atom stereocenters. The van der Waals surface area contributed by atoms with Crippen molar-refractivity contribution in [2.75, 3.05) is 31.1 Å². The van der Waals surface area contributed by atoms with E-state index < -0.39 is 33.5 Å². The summed E-state index contributed by atoms with van der Waals surface area (Å²) in [7, 11) is -4.04. The molecule has 1 heterocycles. The summed E-state index contributed by atoms with van der Waals surface area (Å²) in [6, 6.07) is 13.5. The van der Waals surface area contributed by atoms with E-state index in [0.717, 1.165) is 5.56 Å². The Morgan fingerprint density at radius 2 is 1.81 bits per heavy atom. The molecular formula is C21H23ClFN3O4S. The highest BCUT2D eigenvalue weighted by Crippen LogP contribution is 2.57. The molecule has 10 heteroatoms. The molecule has 2 aromatic rings. The number of nitrogens with zero attached hydrogens (tertiary/aromatic N) is 2. The quantitative estimate of drug-likeness (QED) is 0.681. The number of carboxylic acids is 1. The second kappa shape index (κ2) is 8.05. The molecule has 166 valence electrons. The van der Waals surface area contributed by atoms with Crippen LogP contribution in [0.25, 0.3) is 0 Å². The molecule has 1 aliphatic heterocycles. The van der Waals surface area contributed by atoms with Crippen molar-refractivity contribution in [1.29, 1.82) is 0 Å². The summed E-state index contributed by atoms with van der Waals surface area (Å²) in [5.74, 6) is -2.55. The van der Waals surface area contributed by atoms with Crippen LogP contribution in [0.4, 0.5) is 10.1 Å². The zero-order chi connectivity index (χ0) is 22.4. The first-order valence-corrected chi connectivity index (χ1v) is 11.8. The monoisotopic (exact) mass is 467 g/mol. The first kappa shape index (κ1) is 22.0. The lowest BCUT2D eigenvalue weighted by Crippen LogP contribution is -2.56. The Morgan fingerprint density at radius 1 is 1.16 bits per heavy atom. The lowest BCUT2D eigenvalue weighted by Gasteiger charge is -2.36. The number of aliphatic carboxylic acids is 1. The van der Waals surface area contributed by atoms with E-state index in [1.54, 1.807) is 25.1 Å². The van der Waals surface area contributed by atoms with Crippen LogP contribution in [0.3, 0.4) is 0 Å². The molecule has 2 fully saturated rings. The molecule has 1 unspecified atom stereocenters. The minimum Gasteiger partial charge on any atom is -0.480 e. The van der Waals surface area contributed by atoms with Gasteiger partial charge in [0.2, 0.25) is 0 Å². The number of carboxylic acid groups (broad SMARTS) is 1. The number of halogens is 2. The lowest BCUT2D eigenvalue weighted by atomic mass is 10.1. The highest BCUT2D eigenvalue weighted by atomic mass is 35.5. The van der Waals surface area contributed by atoms with Gasteiger partial charge in [-0.1, -0.05) is 48.9 Å². The van der Waals surface area contributed by atoms with Crippen LogP contribution < -0.4 is 9.62 Å². The van der Waals surface area contributed by atoms with Crippen LogP contribution in [0.5, 0.6) is 0 Å². The predicted molar refractivity (Wildman–Crippen MR) is 116 cm³/mol. The summed E-state index contributed by atoms with van der Waals surface area (Å²) in [5.41, 5.74) is -0.167. The Kier molecular flexibility index (Phi) is 5.72. The summed E-state index contributed by atoms with van der Waals surface area (Å²) in [6.45, 7) is 2.74. The molecule has 2 aromatic carbocycles. The van der Waals surface area contributed by atoms with E-state index in [9.17, 15) is 22.7 Å². The van der Waals surface area contributed by atoms with E-state index in [1.807, 2.05) is 23.1 Å². The van der Waals surface area contributed by atoms with E-state index in [1.165, 1.54) is 16.4 Å². The van der Waals surface area contributed by atoms with Crippen molar-refractivity contribution >= 4 is 33.5 Å². The summed E-state index contributed by atoms with van der Waals surface area (Å²) < 4.78 is 43.6. The van der Waals surface area contributed by atoms with Gasteiger partial charge in [0.25, 0.3) is 10.2 Å². The highest BCUT2D eigenvalue weighted by molar-refractivity contribution is 7.87. The molecule has 2 N–H and O–H groups in total. The fraction of sp³-hybridized carbons (Fsp3) is 0.381. The van der Waals surface area contributed by atoms with Crippen LogP contribution in [0.1, 0.15) is 18.4 Å². The van der Waals surface area contributed by atoms with Crippen molar-refractivity contribution in [3.05, 3.63) is 64.9 Å². The van der Waals surface area contributed by atoms with E-state index in [0.29, 0.717) is 18.8 Å². The molecule has 0 spiro atoms. The second-order valence-electron chi connectivity index (χ2n) is 7.94. The van der Waals surface area contributed by atoms with Crippen LogP contribution in [0, 0.1) is 11.7 Å². The molecule has 1 aliphatic carbocycles. The minimum atomic E-state index is -4.04. The number of hydrogen-bond donors (Lipinski definition) is 2. The van der Waals surface area contributed by atoms with Crippen LogP contribution >= 0.6 is 11.6 Å². The molecular weight excluding hydrogens is 445 g/mol. The fourth-order valence-corrected chi connectivity index (χ4v) is 6.16. The van der Waals surface area contributed by atoms with Gasteiger partial charge in [0.1, 0.15) is 11.4 Å². The third-order valence-corrected chi connectivity index (χ3v) is 8.20. The number of piperazine rings is 1. The summed E-state index contributed by atoms with van der Waals surface area (Å²) >= 11 is 5.73. The Bertz CT molecular complexity index is 1090. The van der Waals surface area contributed by atoms with Crippen molar-refractivity contribution in [2.45, 2.75) is 18.4 Å². The molecule has 1 saturated heterocycles. The highest BCUT2D eigenvalue weighted by Gasteiger charge is 2.70. The van der Waals surface area contributed by atoms with Gasteiger partial charge in [0, 0.05) is 37.8 Å². The van der Waals surface area contributed by atoms with Crippen molar-refractivity contribution in [3.8, 4) is 0 Å². The van der Waals surface area contributed by atoms with Gasteiger partial charge >= 0.3 is 5.97 Å². The van der Waals surface area contributed by atoms with E-state index >= 15 is 0 Å². The topological polar surface area (TPSA) is 90.0 Å². The number of anilines is 1. The van der Waals surface area contributed by atoms with Gasteiger partial charge in [-0.2, -0.15) is 17.4 Å². The average Bonchev–Trinajstić information content (AvgIpc) is 3.34. The van der Waals surface area contributed by atoms with Crippen LogP contribution in [0.15, 0.2) is 48.5 Å². The minimum absolute atomic E-state index is 0.0275. The Hall–Kier alpha value is -2.20. The van der Waals surface area contributed by atoms with Gasteiger partial charge in [-0.05, 0) is 29.7 Å². The molecule has 0 amide bonds. The van der Waals surface area contributed by atoms with Crippen molar-refractivity contribution in [3.63, 3.8) is 0 Å². The van der Waals surface area contributed by atoms with Gasteiger partial charge in [-0.3, -0.25) is 4.79 Å². The predicted octanol–water partition coefficient (Wildman–Crippen LogP) is 2.69. The Balaban J connectivity index is 1.48. The van der Waals surface area contributed by atoms with Crippen molar-refractivity contribution in [2.24, 2.45) is 5.92 Å². The molecule has 7 nitrogen and oxygen atoms in total. The van der Waals surface area contributed by atoms with Gasteiger partial charge in [0.15, 0.2) is 0 Å². The number of rotatable bonds is 6. The smallest absolute Gasteiger partial charge is 0.325 e. The van der Waals surface area contributed by atoms with E-state index in [4.69, 9.17) is 11.6 Å². The van der Waals surface area contributed by atoms with Gasteiger partial charge in [0.05, 0.1) is 5.02 Å². The van der Waals surface area contributed by atoms with Crippen molar-refractivity contribution in [1.82, 2.24) is 9.03 Å². The molecule has 31 heavy (non-hydrogen) atoms. The molecule has 1 saturated carbocycles. The first-order valence-electron chi connectivity index (χ1n) is 9.94. The SMILES string of the molecule is CC1[C@@H](c2ccccc2)[C@]1(NS(=O)(=O)N1CCN(c2ccc(Cl)c(F)c2)CC1)C(=O)O. The Morgan fingerprint density at radius 3 is 2.39 bits per heavy atom. The third kappa shape index (κ3) is 3.91. The van der Waals surface area contributed by atoms with Crippen LogP contribution in [0.2, 0.25) is 5.02 Å². The standard InChI is InChI=1S/C21H23ClFN3O4S/c1-14-19(15-5-3-2-4-6-15)21(14,20(27)28)24-31(29,30)26-11-9-25(10-12-26)16-7-8-17(22)18(23)13-16/h2-8,13-14,19,24H,9-12H2,1H3,(H,27,28)/t14?,19-,21-/m0/s1. The van der Waals surface area contributed by atoms with Gasteiger partial charge < -0.3 is 10.0 Å². The van der Waals surface area contributed by atoms with E-state index in [-0.39, 0.29) is 24.0 Å².